The maximum Gasteiger partial charge on any atom is 0.335 e. The van der Waals surface area contributed by atoms with Gasteiger partial charge in [-0.1, -0.05) is 32.4 Å². The molecule has 1 aliphatic heterocycles. The van der Waals surface area contributed by atoms with E-state index in [1.807, 2.05) is 6.07 Å². The van der Waals surface area contributed by atoms with Crippen LogP contribution in [0.4, 0.5) is 0 Å². The van der Waals surface area contributed by atoms with Crippen LogP contribution >= 0.6 is 0 Å². The molecule has 0 fully saturated rings. The number of aromatic carboxylic acids is 1. The third-order valence-electron chi connectivity index (χ3n) is 3.93. The molecule has 1 N–H and O–H groups in total. The standard InChI is InChI=1S/C16H23NO2/c1-3-5-12(2)10-17-9-8-14-13(11-17)6-4-7-15(14)16(18)19/h4,6-7,12H,3,5,8-11H2,1-2H3,(H,18,19). The lowest BCUT2D eigenvalue weighted by molar-refractivity contribution is 0.0694. The van der Waals surface area contributed by atoms with Crippen LogP contribution in [0.2, 0.25) is 0 Å². The third-order valence-corrected chi connectivity index (χ3v) is 3.93. The molecule has 0 aliphatic carbocycles. The van der Waals surface area contributed by atoms with Gasteiger partial charge in [-0.3, -0.25) is 4.90 Å². The summed E-state index contributed by atoms with van der Waals surface area (Å²) in [6.07, 6.45) is 3.35. The number of hydrogen-bond acceptors (Lipinski definition) is 2. The van der Waals surface area contributed by atoms with Gasteiger partial charge in [-0.2, -0.15) is 0 Å². The van der Waals surface area contributed by atoms with Crippen molar-refractivity contribution in [3.63, 3.8) is 0 Å². The third kappa shape index (κ3) is 3.35. The minimum Gasteiger partial charge on any atom is -0.478 e. The quantitative estimate of drug-likeness (QED) is 0.885. The lowest BCUT2D eigenvalue weighted by Crippen LogP contribution is -2.34. The van der Waals surface area contributed by atoms with Crippen molar-refractivity contribution < 1.29 is 9.90 Å². The van der Waals surface area contributed by atoms with Crippen molar-refractivity contribution in [2.45, 2.75) is 39.7 Å². The molecule has 1 heterocycles. The smallest absolute Gasteiger partial charge is 0.335 e. The number of fused-ring (bicyclic) bond motifs is 1. The van der Waals surface area contributed by atoms with Gasteiger partial charge in [0.25, 0.3) is 0 Å². The molecule has 3 nitrogen and oxygen atoms in total. The zero-order valence-electron chi connectivity index (χ0n) is 11.9. The maximum absolute atomic E-state index is 11.2. The second-order valence-electron chi connectivity index (χ2n) is 5.63. The fourth-order valence-corrected chi connectivity index (χ4v) is 3.05. The van der Waals surface area contributed by atoms with E-state index in [4.69, 9.17) is 0 Å². The molecule has 0 aromatic heterocycles. The van der Waals surface area contributed by atoms with Crippen molar-refractivity contribution in [3.8, 4) is 0 Å². The number of hydrogen-bond donors (Lipinski definition) is 1. The lowest BCUT2D eigenvalue weighted by Gasteiger charge is -2.31. The Morgan fingerprint density at radius 2 is 2.26 bits per heavy atom. The number of carbonyl (C=O) groups is 1. The Labute approximate surface area is 115 Å². The second-order valence-corrected chi connectivity index (χ2v) is 5.63. The molecule has 0 saturated carbocycles. The van der Waals surface area contributed by atoms with Crippen LogP contribution in [0.5, 0.6) is 0 Å². The summed E-state index contributed by atoms with van der Waals surface area (Å²) in [7, 11) is 0. The van der Waals surface area contributed by atoms with Gasteiger partial charge >= 0.3 is 5.97 Å². The van der Waals surface area contributed by atoms with Gasteiger partial charge in [-0.05, 0) is 36.0 Å². The van der Waals surface area contributed by atoms with Crippen LogP contribution in [0, 0.1) is 5.92 Å². The molecule has 0 spiro atoms. The van der Waals surface area contributed by atoms with Crippen molar-refractivity contribution in [1.29, 1.82) is 0 Å². The topological polar surface area (TPSA) is 40.5 Å². The van der Waals surface area contributed by atoms with Crippen molar-refractivity contribution in [2.75, 3.05) is 13.1 Å². The van der Waals surface area contributed by atoms with E-state index < -0.39 is 5.97 Å². The SMILES string of the molecule is CCCC(C)CN1CCc2c(cccc2C(=O)O)C1. The predicted molar refractivity (Wildman–Crippen MR) is 76.5 cm³/mol. The Morgan fingerprint density at radius 3 is 2.95 bits per heavy atom. The average molecular weight is 261 g/mol. The Hall–Kier alpha value is -1.35. The lowest BCUT2D eigenvalue weighted by atomic mass is 9.93. The molecule has 1 aromatic carbocycles. The highest BCUT2D eigenvalue weighted by atomic mass is 16.4. The summed E-state index contributed by atoms with van der Waals surface area (Å²) in [5.74, 6) is -0.0844. The van der Waals surface area contributed by atoms with E-state index in [1.165, 1.54) is 18.4 Å². The van der Waals surface area contributed by atoms with Crippen LogP contribution < -0.4 is 0 Å². The first-order valence-electron chi connectivity index (χ1n) is 7.18. The van der Waals surface area contributed by atoms with Crippen LogP contribution in [-0.2, 0) is 13.0 Å². The summed E-state index contributed by atoms with van der Waals surface area (Å²) in [5, 5.41) is 9.21. The fourth-order valence-electron chi connectivity index (χ4n) is 3.05. The van der Waals surface area contributed by atoms with Gasteiger partial charge in [0.2, 0.25) is 0 Å². The number of benzene rings is 1. The van der Waals surface area contributed by atoms with Crippen LogP contribution in [0.1, 0.15) is 48.2 Å². The number of nitrogens with zero attached hydrogens (tertiary/aromatic N) is 1. The fraction of sp³-hybridized carbons (Fsp3) is 0.562. The summed E-state index contributed by atoms with van der Waals surface area (Å²) < 4.78 is 0. The van der Waals surface area contributed by atoms with Gasteiger partial charge in [0.05, 0.1) is 5.56 Å². The van der Waals surface area contributed by atoms with Crippen LogP contribution in [-0.4, -0.2) is 29.1 Å². The highest BCUT2D eigenvalue weighted by Crippen LogP contribution is 2.23. The van der Waals surface area contributed by atoms with Crippen molar-refractivity contribution in [2.24, 2.45) is 5.92 Å². The van der Waals surface area contributed by atoms with Crippen LogP contribution in [0.3, 0.4) is 0 Å². The molecule has 1 atom stereocenters. The monoisotopic (exact) mass is 261 g/mol. The van der Waals surface area contributed by atoms with E-state index in [0.29, 0.717) is 11.5 Å². The first-order valence-corrected chi connectivity index (χ1v) is 7.18. The van der Waals surface area contributed by atoms with Crippen LogP contribution in [0.25, 0.3) is 0 Å². The summed E-state index contributed by atoms with van der Waals surface area (Å²) in [6, 6.07) is 5.65. The zero-order chi connectivity index (χ0) is 13.8. The minimum absolute atomic E-state index is 0.485. The molecule has 0 bridgehead atoms. The molecule has 1 aliphatic rings. The molecule has 0 saturated heterocycles. The maximum atomic E-state index is 11.2. The van der Waals surface area contributed by atoms with E-state index >= 15 is 0 Å². The number of carboxylic acids is 1. The highest BCUT2D eigenvalue weighted by Gasteiger charge is 2.21. The molecule has 1 aromatic rings. The van der Waals surface area contributed by atoms with Gasteiger partial charge in [0, 0.05) is 19.6 Å². The van der Waals surface area contributed by atoms with E-state index in [2.05, 4.69) is 24.8 Å². The van der Waals surface area contributed by atoms with Crippen LogP contribution in [0.15, 0.2) is 18.2 Å². The predicted octanol–water partition coefficient (Wildman–Crippen LogP) is 3.18. The first-order chi connectivity index (χ1) is 9.11. The van der Waals surface area contributed by atoms with E-state index in [1.54, 1.807) is 6.07 Å². The van der Waals surface area contributed by atoms with E-state index in [9.17, 15) is 9.90 Å². The Balaban J connectivity index is 2.08. The Morgan fingerprint density at radius 1 is 1.47 bits per heavy atom. The van der Waals surface area contributed by atoms with Crippen molar-refractivity contribution >= 4 is 5.97 Å². The Bertz CT molecular complexity index is 456. The van der Waals surface area contributed by atoms with Gasteiger partial charge in [0.1, 0.15) is 0 Å². The van der Waals surface area contributed by atoms with Gasteiger partial charge in [0.15, 0.2) is 0 Å². The summed E-state index contributed by atoms with van der Waals surface area (Å²) >= 11 is 0. The van der Waals surface area contributed by atoms with Gasteiger partial charge in [-0.25, -0.2) is 4.79 Å². The molecular formula is C16H23NO2. The number of rotatable bonds is 5. The first kappa shape index (κ1) is 14.1. The van der Waals surface area contributed by atoms with E-state index in [0.717, 1.165) is 31.6 Å². The summed E-state index contributed by atoms with van der Waals surface area (Å²) in [5.41, 5.74) is 2.71. The molecule has 0 amide bonds. The number of carboxylic acid groups (broad SMARTS) is 1. The molecule has 0 radical (unpaired) electrons. The summed E-state index contributed by atoms with van der Waals surface area (Å²) in [6.45, 7) is 7.51. The van der Waals surface area contributed by atoms with Gasteiger partial charge in [-0.15, -0.1) is 0 Å². The molecule has 104 valence electrons. The largest absolute Gasteiger partial charge is 0.478 e. The van der Waals surface area contributed by atoms with Crippen molar-refractivity contribution in [3.05, 3.63) is 34.9 Å². The Kier molecular flexibility index (Phi) is 4.59. The van der Waals surface area contributed by atoms with Crippen molar-refractivity contribution in [1.82, 2.24) is 4.90 Å². The zero-order valence-corrected chi connectivity index (χ0v) is 11.9. The molecule has 19 heavy (non-hydrogen) atoms. The average Bonchev–Trinajstić information content (AvgIpc) is 2.37. The molecular weight excluding hydrogens is 238 g/mol. The second kappa shape index (κ2) is 6.20. The minimum atomic E-state index is -0.801. The normalized spacial score (nSPS) is 16.9. The molecule has 2 rings (SSSR count). The van der Waals surface area contributed by atoms with E-state index in [-0.39, 0.29) is 0 Å². The highest BCUT2D eigenvalue weighted by molar-refractivity contribution is 5.89. The summed E-state index contributed by atoms with van der Waals surface area (Å²) in [4.78, 5) is 13.7. The van der Waals surface area contributed by atoms with Gasteiger partial charge < -0.3 is 5.11 Å². The molecule has 1 unspecified atom stereocenters. The molecule has 3 heteroatoms.